The Balaban J connectivity index is 3.44. The molecule has 0 fully saturated rings. The van der Waals surface area contributed by atoms with Crippen LogP contribution < -0.4 is 5.73 Å². The SMILES string of the molecule is CN(C)S(=O)(=O)c1ccc(F)cc1C#CCN. The molecule has 1 aromatic rings. The number of hydrogen-bond donors (Lipinski definition) is 1. The number of nitrogens with zero attached hydrogens (tertiary/aromatic N) is 1. The molecule has 0 aliphatic carbocycles. The maximum Gasteiger partial charge on any atom is 0.243 e. The summed E-state index contributed by atoms with van der Waals surface area (Å²) in [6, 6.07) is 3.37. The number of nitrogens with two attached hydrogens (primary N) is 1. The van der Waals surface area contributed by atoms with E-state index in [0.29, 0.717) is 0 Å². The van der Waals surface area contributed by atoms with Crippen molar-refractivity contribution < 1.29 is 12.8 Å². The molecular formula is C11H13FN2O2S. The highest BCUT2D eigenvalue weighted by Crippen LogP contribution is 2.18. The summed E-state index contributed by atoms with van der Waals surface area (Å²) in [5.41, 5.74) is 5.32. The summed E-state index contributed by atoms with van der Waals surface area (Å²) in [7, 11) is -0.828. The second-order valence-electron chi connectivity index (χ2n) is 3.43. The van der Waals surface area contributed by atoms with Crippen molar-refractivity contribution in [2.75, 3.05) is 20.6 Å². The van der Waals surface area contributed by atoms with E-state index in [4.69, 9.17) is 5.73 Å². The summed E-state index contributed by atoms with van der Waals surface area (Å²) < 4.78 is 38.0. The number of rotatable bonds is 2. The van der Waals surface area contributed by atoms with Crippen LogP contribution in [0.25, 0.3) is 0 Å². The lowest BCUT2D eigenvalue weighted by Gasteiger charge is -2.12. The Morgan fingerprint density at radius 3 is 2.59 bits per heavy atom. The average Bonchev–Trinajstić information content (AvgIpc) is 2.25. The van der Waals surface area contributed by atoms with Crippen LogP contribution in [0.1, 0.15) is 5.56 Å². The Hall–Kier alpha value is -1.42. The minimum absolute atomic E-state index is 0.0233. The summed E-state index contributed by atoms with van der Waals surface area (Å²) in [5, 5.41) is 0. The van der Waals surface area contributed by atoms with Crippen LogP contribution in [0.5, 0.6) is 0 Å². The molecule has 4 nitrogen and oxygen atoms in total. The Morgan fingerprint density at radius 2 is 2.06 bits per heavy atom. The summed E-state index contributed by atoms with van der Waals surface area (Å²) in [4.78, 5) is -0.0233. The van der Waals surface area contributed by atoms with Crippen LogP contribution in [0.3, 0.4) is 0 Å². The van der Waals surface area contributed by atoms with Crippen LogP contribution in [0.4, 0.5) is 4.39 Å². The third-order valence-electron chi connectivity index (χ3n) is 2.03. The molecule has 17 heavy (non-hydrogen) atoms. The number of hydrogen-bond acceptors (Lipinski definition) is 3. The fourth-order valence-electron chi connectivity index (χ4n) is 1.17. The minimum Gasteiger partial charge on any atom is -0.320 e. The first-order valence-corrected chi connectivity index (χ1v) is 6.24. The first kappa shape index (κ1) is 13.6. The summed E-state index contributed by atoms with van der Waals surface area (Å²) in [5.74, 6) is 4.53. The molecule has 0 aliphatic rings. The van der Waals surface area contributed by atoms with Crippen molar-refractivity contribution >= 4 is 10.0 Å². The van der Waals surface area contributed by atoms with Crippen molar-refractivity contribution in [2.45, 2.75) is 4.90 Å². The van der Waals surface area contributed by atoms with E-state index in [1.54, 1.807) is 0 Å². The molecule has 0 saturated heterocycles. The third kappa shape index (κ3) is 3.03. The average molecular weight is 256 g/mol. The molecule has 0 heterocycles. The van der Waals surface area contributed by atoms with Gasteiger partial charge in [0, 0.05) is 19.7 Å². The van der Waals surface area contributed by atoms with Crippen molar-refractivity contribution in [3.8, 4) is 11.8 Å². The van der Waals surface area contributed by atoms with Gasteiger partial charge >= 0.3 is 0 Å². The predicted octanol–water partition coefficient (Wildman–Crippen LogP) is 0.386. The van der Waals surface area contributed by atoms with E-state index in [2.05, 4.69) is 11.8 Å². The van der Waals surface area contributed by atoms with Gasteiger partial charge in [0.1, 0.15) is 5.82 Å². The zero-order valence-electron chi connectivity index (χ0n) is 9.57. The van der Waals surface area contributed by atoms with Gasteiger partial charge in [-0.3, -0.25) is 0 Å². The van der Waals surface area contributed by atoms with Crippen molar-refractivity contribution in [3.63, 3.8) is 0 Å². The lowest BCUT2D eigenvalue weighted by Crippen LogP contribution is -2.23. The molecule has 6 heteroatoms. The van der Waals surface area contributed by atoms with Crippen molar-refractivity contribution in [1.29, 1.82) is 0 Å². The fraction of sp³-hybridized carbons (Fsp3) is 0.273. The Labute approximate surface area is 100 Å². The van der Waals surface area contributed by atoms with Gasteiger partial charge in [0.15, 0.2) is 0 Å². The van der Waals surface area contributed by atoms with Crippen molar-refractivity contribution in [2.24, 2.45) is 5.73 Å². The van der Waals surface area contributed by atoms with Gasteiger partial charge in [0.05, 0.1) is 11.4 Å². The molecule has 0 aliphatic heterocycles. The van der Waals surface area contributed by atoms with Gasteiger partial charge in [-0.2, -0.15) is 0 Å². The zero-order chi connectivity index (χ0) is 13.1. The lowest BCUT2D eigenvalue weighted by molar-refractivity contribution is 0.520. The highest BCUT2D eigenvalue weighted by molar-refractivity contribution is 7.89. The topological polar surface area (TPSA) is 63.4 Å². The van der Waals surface area contributed by atoms with Crippen LogP contribution in [-0.4, -0.2) is 33.4 Å². The quantitative estimate of drug-likeness (QED) is 0.778. The van der Waals surface area contributed by atoms with Crippen LogP contribution in [0.2, 0.25) is 0 Å². The van der Waals surface area contributed by atoms with Crippen molar-refractivity contribution in [3.05, 3.63) is 29.6 Å². The molecular weight excluding hydrogens is 243 g/mol. The lowest BCUT2D eigenvalue weighted by atomic mass is 10.2. The van der Waals surface area contributed by atoms with E-state index >= 15 is 0 Å². The molecule has 1 rings (SSSR count). The molecule has 0 aromatic heterocycles. The Morgan fingerprint density at radius 1 is 1.41 bits per heavy atom. The van der Waals surface area contributed by atoms with Gasteiger partial charge in [0.2, 0.25) is 10.0 Å². The highest BCUT2D eigenvalue weighted by Gasteiger charge is 2.20. The molecule has 0 spiro atoms. The first-order valence-electron chi connectivity index (χ1n) is 4.80. The molecule has 0 bridgehead atoms. The van der Waals surface area contributed by atoms with Gasteiger partial charge in [-0.05, 0) is 18.2 Å². The third-order valence-corrected chi connectivity index (χ3v) is 3.90. The smallest absolute Gasteiger partial charge is 0.243 e. The number of halogens is 1. The normalized spacial score (nSPS) is 11.1. The first-order chi connectivity index (χ1) is 7.89. The van der Waals surface area contributed by atoms with Crippen LogP contribution in [0, 0.1) is 17.7 Å². The van der Waals surface area contributed by atoms with E-state index in [9.17, 15) is 12.8 Å². The van der Waals surface area contributed by atoms with Crippen LogP contribution >= 0.6 is 0 Å². The summed E-state index contributed by atoms with van der Waals surface area (Å²) in [6.07, 6.45) is 0. The minimum atomic E-state index is -3.63. The standard InChI is InChI=1S/C11H13FN2O2S/c1-14(2)17(15,16)11-6-5-10(12)8-9(11)4-3-7-13/h5-6,8H,7,13H2,1-2H3. The summed E-state index contributed by atoms with van der Waals surface area (Å²) in [6.45, 7) is 0.0813. The van der Waals surface area contributed by atoms with E-state index in [1.165, 1.54) is 20.2 Å². The van der Waals surface area contributed by atoms with Gasteiger partial charge in [-0.15, -0.1) is 0 Å². The van der Waals surface area contributed by atoms with Crippen LogP contribution in [0.15, 0.2) is 23.1 Å². The molecule has 0 amide bonds. The maximum atomic E-state index is 13.1. The van der Waals surface area contributed by atoms with Gasteiger partial charge in [-0.25, -0.2) is 17.1 Å². The van der Waals surface area contributed by atoms with Gasteiger partial charge in [0.25, 0.3) is 0 Å². The Bertz CT molecular complexity index is 571. The molecule has 0 radical (unpaired) electrons. The monoisotopic (exact) mass is 256 g/mol. The highest BCUT2D eigenvalue weighted by atomic mass is 32.2. The molecule has 0 unspecified atom stereocenters. The van der Waals surface area contributed by atoms with Crippen molar-refractivity contribution in [1.82, 2.24) is 4.31 Å². The largest absolute Gasteiger partial charge is 0.320 e. The Kier molecular flexibility index (Phi) is 4.23. The van der Waals surface area contributed by atoms with Crippen LogP contribution in [-0.2, 0) is 10.0 Å². The van der Waals surface area contributed by atoms with E-state index in [0.717, 1.165) is 16.4 Å². The second kappa shape index (κ2) is 5.27. The van der Waals surface area contributed by atoms with Gasteiger partial charge < -0.3 is 5.73 Å². The fourth-order valence-corrected chi connectivity index (χ4v) is 2.19. The zero-order valence-corrected chi connectivity index (χ0v) is 10.4. The van der Waals surface area contributed by atoms with E-state index in [-0.39, 0.29) is 17.0 Å². The number of benzene rings is 1. The molecule has 1 aromatic carbocycles. The van der Waals surface area contributed by atoms with E-state index < -0.39 is 15.8 Å². The molecule has 92 valence electrons. The molecule has 2 N–H and O–H groups in total. The second-order valence-corrected chi connectivity index (χ2v) is 5.55. The van der Waals surface area contributed by atoms with Gasteiger partial charge in [-0.1, -0.05) is 11.8 Å². The number of sulfonamides is 1. The maximum absolute atomic E-state index is 13.1. The molecule has 0 saturated carbocycles. The predicted molar refractivity (Wildman–Crippen MR) is 63.2 cm³/mol. The molecule has 0 atom stereocenters. The van der Waals surface area contributed by atoms with E-state index in [1.807, 2.05) is 0 Å². The summed E-state index contributed by atoms with van der Waals surface area (Å²) >= 11 is 0.